The summed E-state index contributed by atoms with van der Waals surface area (Å²) in [5.41, 5.74) is 0. The molecule has 1 N–H and O–H groups in total. The van der Waals surface area contributed by atoms with Gasteiger partial charge in [0.05, 0.1) is 12.2 Å². The Morgan fingerprint density at radius 2 is 2.00 bits per heavy atom. The minimum atomic E-state index is -0.0848. The van der Waals surface area contributed by atoms with Gasteiger partial charge in [-0.15, -0.1) is 0 Å². The highest BCUT2D eigenvalue weighted by Gasteiger charge is 2.57. The number of aliphatic hydroxyl groups is 1. The molecule has 0 aromatic rings. The highest BCUT2D eigenvalue weighted by Crippen LogP contribution is 2.62. The first kappa shape index (κ1) is 11.3. The van der Waals surface area contributed by atoms with Crippen LogP contribution in [0.3, 0.4) is 0 Å². The van der Waals surface area contributed by atoms with Gasteiger partial charge in [0.2, 0.25) is 0 Å². The summed E-state index contributed by atoms with van der Waals surface area (Å²) >= 11 is 0. The molecule has 0 spiro atoms. The fourth-order valence-corrected chi connectivity index (χ4v) is 4.77. The molecule has 3 nitrogen and oxygen atoms in total. The van der Waals surface area contributed by atoms with Crippen LogP contribution < -0.4 is 0 Å². The molecule has 0 amide bonds. The average Bonchev–Trinajstić information content (AvgIpc) is 2.99. The standard InChI is InChI=1S/C14H20O3/c1-2-17-14(16)13-6-9-5-12(13)11-4-8(7-15)3-10(9)11/h2,8-13,15H,1,3-7H2. The maximum absolute atomic E-state index is 11.8. The lowest BCUT2D eigenvalue weighted by Crippen LogP contribution is -2.30. The van der Waals surface area contributed by atoms with Crippen molar-refractivity contribution >= 4 is 5.97 Å². The van der Waals surface area contributed by atoms with E-state index in [0.29, 0.717) is 30.3 Å². The minimum absolute atomic E-state index is 0.0848. The zero-order chi connectivity index (χ0) is 12.0. The van der Waals surface area contributed by atoms with Crippen LogP contribution in [-0.2, 0) is 9.53 Å². The first-order valence-corrected chi connectivity index (χ1v) is 6.66. The van der Waals surface area contributed by atoms with E-state index in [1.54, 1.807) is 0 Å². The number of rotatable bonds is 3. The number of hydrogen-bond acceptors (Lipinski definition) is 3. The number of aliphatic hydroxyl groups excluding tert-OH is 1. The molecule has 0 aromatic carbocycles. The van der Waals surface area contributed by atoms with Gasteiger partial charge in [-0.05, 0) is 55.3 Å². The monoisotopic (exact) mass is 236 g/mol. The van der Waals surface area contributed by atoms with Crippen molar-refractivity contribution in [3.05, 3.63) is 12.8 Å². The van der Waals surface area contributed by atoms with Crippen LogP contribution in [0, 0.1) is 35.5 Å². The molecule has 0 radical (unpaired) electrons. The van der Waals surface area contributed by atoms with Gasteiger partial charge in [0.25, 0.3) is 0 Å². The van der Waals surface area contributed by atoms with Gasteiger partial charge in [0, 0.05) is 6.61 Å². The Balaban J connectivity index is 1.72. The molecule has 3 fully saturated rings. The number of carbonyl (C=O) groups is 1. The Labute approximate surface area is 102 Å². The molecule has 3 aliphatic carbocycles. The molecule has 0 aromatic heterocycles. The van der Waals surface area contributed by atoms with Crippen LogP contribution in [0.25, 0.3) is 0 Å². The average molecular weight is 236 g/mol. The Morgan fingerprint density at radius 1 is 1.24 bits per heavy atom. The number of fused-ring (bicyclic) bond motifs is 5. The molecule has 3 saturated carbocycles. The molecule has 0 aliphatic heterocycles. The second-order valence-corrected chi connectivity index (χ2v) is 5.95. The molecule has 0 heterocycles. The van der Waals surface area contributed by atoms with E-state index in [4.69, 9.17) is 4.74 Å². The van der Waals surface area contributed by atoms with E-state index < -0.39 is 0 Å². The van der Waals surface area contributed by atoms with Crippen LogP contribution >= 0.6 is 0 Å². The summed E-state index contributed by atoms with van der Waals surface area (Å²) in [5, 5.41) is 9.27. The summed E-state index contributed by atoms with van der Waals surface area (Å²) < 4.78 is 4.96. The van der Waals surface area contributed by atoms with Crippen LogP contribution in [-0.4, -0.2) is 17.7 Å². The van der Waals surface area contributed by atoms with Gasteiger partial charge >= 0.3 is 5.97 Å². The van der Waals surface area contributed by atoms with Gasteiger partial charge < -0.3 is 9.84 Å². The fraction of sp³-hybridized carbons (Fsp3) is 0.786. The van der Waals surface area contributed by atoms with Gasteiger partial charge in [0.15, 0.2) is 0 Å². The highest BCUT2D eigenvalue weighted by molar-refractivity contribution is 5.74. The van der Waals surface area contributed by atoms with Gasteiger partial charge in [-0.25, -0.2) is 0 Å². The Morgan fingerprint density at radius 3 is 2.71 bits per heavy atom. The second kappa shape index (κ2) is 4.13. The molecular formula is C14H20O3. The summed E-state index contributed by atoms with van der Waals surface area (Å²) in [7, 11) is 0. The summed E-state index contributed by atoms with van der Waals surface area (Å²) in [5.74, 6) is 3.12. The van der Waals surface area contributed by atoms with Crippen molar-refractivity contribution in [3.63, 3.8) is 0 Å². The predicted molar refractivity (Wildman–Crippen MR) is 62.8 cm³/mol. The van der Waals surface area contributed by atoms with Crippen LogP contribution in [0.4, 0.5) is 0 Å². The van der Waals surface area contributed by atoms with Crippen LogP contribution in [0.5, 0.6) is 0 Å². The summed E-state index contributed by atoms with van der Waals surface area (Å²) in [6.45, 7) is 3.76. The molecule has 17 heavy (non-hydrogen) atoms. The largest absolute Gasteiger partial charge is 0.435 e. The highest BCUT2D eigenvalue weighted by atomic mass is 16.5. The normalized spacial score (nSPS) is 46.9. The molecule has 0 saturated heterocycles. The topological polar surface area (TPSA) is 46.5 Å². The Kier molecular flexibility index (Phi) is 2.74. The van der Waals surface area contributed by atoms with Crippen molar-refractivity contribution in [2.45, 2.75) is 25.7 Å². The van der Waals surface area contributed by atoms with Gasteiger partial charge in [-0.2, -0.15) is 0 Å². The minimum Gasteiger partial charge on any atom is -0.435 e. The molecule has 2 bridgehead atoms. The molecule has 6 atom stereocenters. The van der Waals surface area contributed by atoms with E-state index in [2.05, 4.69) is 6.58 Å². The second-order valence-electron chi connectivity index (χ2n) is 5.95. The SMILES string of the molecule is C=COC(=O)C1CC2CC1C1CC(CO)CC21. The van der Waals surface area contributed by atoms with Crippen molar-refractivity contribution in [1.29, 1.82) is 0 Å². The number of hydrogen-bond donors (Lipinski definition) is 1. The lowest BCUT2D eigenvalue weighted by Gasteiger charge is -2.29. The maximum atomic E-state index is 11.8. The quantitative estimate of drug-likeness (QED) is 0.602. The lowest BCUT2D eigenvalue weighted by molar-refractivity contribution is -0.145. The van der Waals surface area contributed by atoms with E-state index in [1.165, 1.54) is 19.1 Å². The zero-order valence-corrected chi connectivity index (χ0v) is 10.0. The molecule has 94 valence electrons. The Hall–Kier alpha value is -0.830. The van der Waals surface area contributed by atoms with E-state index in [0.717, 1.165) is 18.8 Å². The van der Waals surface area contributed by atoms with Crippen molar-refractivity contribution < 1.29 is 14.6 Å². The third-order valence-corrected chi connectivity index (χ3v) is 5.33. The molecule has 3 heteroatoms. The zero-order valence-electron chi connectivity index (χ0n) is 10.0. The van der Waals surface area contributed by atoms with E-state index in [9.17, 15) is 9.90 Å². The van der Waals surface area contributed by atoms with Crippen molar-refractivity contribution in [2.75, 3.05) is 6.61 Å². The van der Waals surface area contributed by atoms with Crippen molar-refractivity contribution in [1.82, 2.24) is 0 Å². The summed E-state index contributed by atoms with van der Waals surface area (Å²) in [6, 6.07) is 0. The molecule has 3 rings (SSSR count). The Bertz CT molecular complexity index is 338. The number of esters is 1. The predicted octanol–water partition coefficient (Wildman–Crippen LogP) is 1.96. The van der Waals surface area contributed by atoms with E-state index >= 15 is 0 Å². The molecular weight excluding hydrogens is 216 g/mol. The van der Waals surface area contributed by atoms with Crippen molar-refractivity contribution in [3.8, 4) is 0 Å². The van der Waals surface area contributed by atoms with Crippen molar-refractivity contribution in [2.24, 2.45) is 35.5 Å². The third kappa shape index (κ3) is 1.63. The molecule has 6 unspecified atom stereocenters. The number of carbonyl (C=O) groups excluding carboxylic acids is 1. The third-order valence-electron chi connectivity index (χ3n) is 5.33. The van der Waals surface area contributed by atoms with Crippen LogP contribution in [0.15, 0.2) is 12.8 Å². The summed E-state index contributed by atoms with van der Waals surface area (Å²) in [4.78, 5) is 11.8. The smallest absolute Gasteiger partial charge is 0.314 e. The fourth-order valence-electron chi connectivity index (χ4n) is 4.77. The van der Waals surface area contributed by atoms with E-state index in [1.807, 2.05) is 0 Å². The summed E-state index contributed by atoms with van der Waals surface area (Å²) in [6.07, 6.45) is 5.73. The maximum Gasteiger partial charge on any atom is 0.314 e. The van der Waals surface area contributed by atoms with Crippen LogP contribution in [0.2, 0.25) is 0 Å². The van der Waals surface area contributed by atoms with Crippen LogP contribution in [0.1, 0.15) is 25.7 Å². The lowest BCUT2D eigenvalue weighted by atomic mass is 9.76. The molecule has 3 aliphatic rings. The van der Waals surface area contributed by atoms with Gasteiger partial charge in [0.1, 0.15) is 0 Å². The first-order valence-electron chi connectivity index (χ1n) is 6.66. The van der Waals surface area contributed by atoms with Gasteiger partial charge in [-0.1, -0.05) is 6.58 Å². The van der Waals surface area contributed by atoms with Gasteiger partial charge in [-0.3, -0.25) is 4.79 Å². The number of ether oxygens (including phenoxy) is 1. The first-order chi connectivity index (χ1) is 8.24. The van der Waals surface area contributed by atoms with E-state index in [-0.39, 0.29) is 11.9 Å².